The maximum absolute atomic E-state index is 12.7. The smallest absolute Gasteiger partial charge is 0.408 e. The van der Waals surface area contributed by atoms with Crippen molar-refractivity contribution in [2.75, 3.05) is 25.0 Å². The van der Waals surface area contributed by atoms with Crippen LogP contribution in [0.2, 0.25) is 0 Å². The zero-order valence-electron chi connectivity index (χ0n) is 22.0. The van der Waals surface area contributed by atoms with E-state index >= 15 is 0 Å². The maximum atomic E-state index is 12.7. The summed E-state index contributed by atoms with van der Waals surface area (Å²) < 4.78 is 17.0. The monoisotopic (exact) mass is 526 g/mol. The Balaban J connectivity index is 1.42. The van der Waals surface area contributed by atoms with Crippen LogP contribution >= 0.6 is 0 Å². The molecule has 2 aromatic rings. The first kappa shape index (κ1) is 28.9. The molecule has 1 heterocycles. The van der Waals surface area contributed by atoms with Crippen molar-refractivity contribution < 1.29 is 28.6 Å². The highest BCUT2D eigenvalue weighted by Crippen LogP contribution is 2.16. The summed E-state index contributed by atoms with van der Waals surface area (Å²) in [4.78, 5) is 37.3. The minimum absolute atomic E-state index is 0.0914. The zero-order chi connectivity index (χ0) is 27.2. The quantitative estimate of drug-likeness (QED) is 0.316. The Kier molecular flexibility index (Phi) is 11.9. The van der Waals surface area contributed by atoms with Crippen LogP contribution in [0.15, 0.2) is 60.7 Å². The van der Waals surface area contributed by atoms with Crippen molar-refractivity contribution in [3.63, 3.8) is 0 Å². The summed E-state index contributed by atoms with van der Waals surface area (Å²) in [6.07, 6.45) is 1.48. The number of carbonyl (C=O) groups excluding carboxylic acids is 3. The Labute approximate surface area is 223 Å². The minimum atomic E-state index is -0.886. The molecular weight excluding hydrogens is 488 g/mol. The molecule has 1 aliphatic rings. The lowest BCUT2D eigenvalue weighted by molar-refractivity contribution is -0.184. The first-order chi connectivity index (χ1) is 18.4. The van der Waals surface area contributed by atoms with E-state index in [4.69, 9.17) is 14.2 Å². The van der Waals surface area contributed by atoms with E-state index in [1.165, 1.54) is 6.92 Å². The van der Waals surface area contributed by atoms with Gasteiger partial charge in [0.1, 0.15) is 18.7 Å². The molecule has 1 saturated heterocycles. The lowest BCUT2D eigenvalue weighted by Crippen LogP contribution is -2.52. The van der Waals surface area contributed by atoms with Gasteiger partial charge in [-0.25, -0.2) is 4.79 Å². The topological polar surface area (TPSA) is 127 Å². The number of alkyl carbamates (subject to hydrolysis) is 1. The largest absolute Gasteiger partial charge is 0.445 e. The van der Waals surface area contributed by atoms with Crippen LogP contribution in [-0.2, 0) is 30.4 Å². The number of nitrogens with one attached hydrogen (secondary N) is 4. The first-order valence-electron chi connectivity index (χ1n) is 13.0. The van der Waals surface area contributed by atoms with Gasteiger partial charge in [0.2, 0.25) is 11.8 Å². The van der Waals surface area contributed by atoms with Gasteiger partial charge < -0.3 is 35.5 Å². The Bertz CT molecular complexity index is 1000. The summed E-state index contributed by atoms with van der Waals surface area (Å²) >= 11 is 0. The molecule has 3 amide bonds. The predicted molar refractivity (Wildman–Crippen MR) is 143 cm³/mol. The van der Waals surface area contributed by atoms with Gasteiger partial charge >= 0.3 is 6.09 Å². The second-order valence-electron chi connectivity index (χ2n) is 9.20. The Morgan fingerprint density at radius 1 is 0.895 bits per heavy atom. The average Bonchev–Trinajstić information content (AvgIpc) is 2.94. The molecule has 1 aliphatic heterocycles. The van der Waals surface area contributed by atoms with Crippen LogP contribution in [0, 0.1) is 0 Å². The molecule has 4 atom stereocenters. The van der Waals surface area contributed by atoms with Crippen molar-refractivity contribution in [3.8, 4) is 0 Å². The van der Waals surface area contributed by atoms with Crippen LogP contribution in [0.1, 0.15) is 38.7 Å². The van der Waals surface area contributed by atoms with Crippen molar-refractivity contribution in [1.29, 1.82) is 0 Å². The van der Waals surface area contributed by atoms with Gasteiger partial charge in [-0.05, 0) is 50.8 Å². The van der Waals surface area contributed by atoms with Crippen molar-refractivity contribution in [3.05, 3.63) is 66.2 Å². The van der Waals surface area contributed by atoms with Gasteiger partial charge in [-0.1, -0.05) is 48.5 Å². The van der Waals surface area contributed by atoms with Gasteiger partial charge in [0.25, 0.3) is 0 Å². The van der Waals surface area contributed by atoms with Crippen LogP contribution < -0.4 is 21.3 Å². The molecule has 2 aromatic carbocycles. The molecule has 10 heteroatoms. The SMILES string of the molecule is C[C@H](NC(=O)OCc1ccccc1)C(=O)N[C@@H](C)C(=O)NCC(CNc1ccccc1)OC1CCCCO1. The number of para-hydroxylation sites is 1. The van der Waals surface area contributed by atoms with E-state index < -0.39 is 24.1 Å². The summed E-state index contributed by atoms with van der Waals surface area (Å²) in [6, 6.07) is 17.2. The second kappa shape index (κ2) is 15.6. The molecule has 2 unspecified atom stereocenters. The molecule has 0 aromatic heterocycles. The standard InChI is InChI=1S/C28H38N4O6/c1-20(31-27(34)21(2)32-28(35)37-19-22-11-5-3-6-12-22)26(33)30-18-24(38-25-15-9-10-16-36-25)17-29-23-13-7-4-8-14-23/h3-8,11-14,20-21,24-25,29H,9-10,15-19H2,1-2H3,(H,30,33)(H,31,34)(H,32,35)/t20-,21-,24?,25?/m0/s1. The number of benzene rings is 2. The molecule has 10 nitrogen and oxygen atoms in total. The maximum Gasteiger partial charge on any atom is 0.408 e. The summed E-state index contributed by atoms with van der Waals surface area (Å²) in [5.74, 6) is -0.867. The van der Waals surface area contributed by atoms with Crippen molar-refractivity contribution in [2.45, 2.75) is 64.2 Å². The van der Waals surface area contributed by atoms with Crippen molar-refractivity contribution >= 4 is 23.6 Å². The molecule has 206 valence electrons. The molecule has 3 rings (SSSR count). The first-order valence-corrected chi connectivity index (χ1v) is 13.0. The lowest BCUT2D eigenvalue weighted by atomic mass is 10.2. The Hall–Kier alpha value is -3.63. The fourth-order valence-corrected chi connectivity index (χ4v) is 3.77. The normalized spacial score (nSPS) is 17.4. The van der Waals surface area contributed by atoms with Crippen LogP contribution in [0.5, 0.6) is 0 Å². The van der Waals surface area contributed by atoms with E-state index in [0.29, 0.717) is 13.2 Å². The third-order valence-corrected chi connectivity index (χ3v) is 5.99. The van der Waals surface area contributed by atoms with Gasteiger partial charge in [0.05, 0.1) is 6.10 Å². The predicted octanol–water partition coefficient (Wildman–Crippen LogP) is 2.95. The number of amides is 3. The average molecular weight is 527 g/mol. The van der Waals surface area contributed by atoms with Crippen LogP contribution in [0.4, 0.5) is 10.5 Å². The Morgan fingerprint density at radius 2 is 1.58 bits per heavy atom. The van der Waals surface area contributed by atoms with Crippen LogP contribution in [0.3, 0.4) is 0 Å². The van der Waals surface area contributed by atoms with E-state index in [-0.39, 0.29) is 31.5 Å². The molecular formula is C28H38N4O6. The highest BCUT2D eigenvalue weighted by Gasteiger charge is 2.24. The van der Waals surface area contributed by atoms with Gasteiger partial charge in [-0.2, -0.15) is 0 Å². The molecule has 0 bridgehead atoms. The fraction of sp³-hybridized carbons (Fsp3) is 0.464. The second-order valence-corrected chi connectivity index (χ2v) is 9.20. The summed E-state index contributed by atoms with van der Waals surface area (Å²) in [5.41, 5.74) is 1.78. The molecule has 4 N–H and O–H groups in total. The number of hydrogen-bond acceptors (Lipinski definition) is 7. The van der Waals surface area contributed by atoms with Gasteiger partial charge in [-0.15, -0.1) is 0 Å². The molecule has 0 spiro atoms. The number of ether oxygens (including phenoxy) is 3. The highest BCUT2D eigenvalue weighted by atomic mass is 16.7. The fourth-order valence-electron chi connectivity index (χ4n) is 3.77. The van der Waals surface area contributed by atoms with Gasteiger partial charge in [-0.3, -0.25) is 9.59 Å². The molecule has 38 heavy (non-hydrogen) atoms. The van der Waals surface area contributed by atoms with E-state index in [1.54, 1.807) is 6.92 Å². The van der Waals surface area contributed by atoms with Crippen LogP contribution in [0.25, 0.3) is 0 Å². The molecule has 0 aliphatic carbocycles. The summed E-state index contributed by atoms with van der Waals surface area (Å²) in [5, 5.41) is 11.3. The van der Waals surface area contributed by atoms with E-state index in [9.17, 15) is 14.4 Å². The number of hydrogen-bond donors (Lipinski definition) is 4. The van der Waals surface area contributed by atoms with Crippen molar-refractivity contribution in [1.82, 2.24) is 16.0 Å². The van der Waals surface area contributed by atoms with E-state index in [0.717, 1.165) is 30.5 Å². The number of carbonyl (C=O) groups is 3. The van der Waals surface area contributed by atoms with Gasteiger partial charge in [0, 0.05) is 25.4 Å². The molecule has 0 radical (unpaired) electrons. The zero-order valence-corrected chi connectivity index (χ0v) is 22.0. The Morgan fingerprint density at radius 3 is 2.26 bits per heavy atom. The third-order valence-electron chi connectivity index (χ3n) is 5.99. The highest BCUT2D eigenvalue weighted by molar-refractivity contribution is 5.90. The van der Waals surface area contributed by atoms with E-state index in [2.05, 4.69) is 21.3 Å². The van der Waals surface area contributed by atoms with Gasteiger partial charge in [0.15, 0.2) is 6.29 Å². The number of rotatable bonds is 13. The summed E-state index contributed by atoms with van der Waals surface area (Å²) in [6.45, 7) is 4.55. The lowest BCUT2D eigenvalue weighted by Gasteiger charge is -2.28. The van der Waals surface area contributed by atoms with Crippen molar-refractivity contribution in [2.24, 2.45) is 0 Å². The minimum Gasteiger partial charge on any atom is -0.445 e. The third kappa shape index (κ3) is 10.4. The van der Waals surface area contributed by atoms with Crippen LogP contribution in [-0.4, -0.2) is 62.1 Å². The number of anilines is 1. The van der Waals surface area contributed by atoms with E-state index in [1.807, 2.05) is 60.7 Å². The molecule has 0 saturated carbocycles. The molecule has 1 fully saturated rings. The summed E-state index contributed by atoms with van der Waals surface area (Å²) in [7, 11) is 0.